The minimum Gasteiger partial charge on any atom is -0.351 e. The average Bonchev–Trinajstić information content (AvgIpc) is 2.52. The van der Waals surface area contributed by atoms with Gasteiger partial charge >= 0.3 is 0 Å². The Morgan fingerprint density at radius 1 is 1.22 bits per heavy atom. The van der Waals surface area contributed by atoms with E-state index in [9.17, 15) is 13.2 Å². The van der Waals surface area contributed by atoms with Crippen LogP contribution in [0.25, 0.3) is 0 Å². The Kier molecular flexibility index (Phi) is 4.01. The number of sulfonamides is 1. The summed E-state index contributed by atoms with van der Waals surface area (Å²) < 4.78 is 27.0. The number of β-lactam (4-membered cyclic amide) rings is 1. The van der Waals surface area contributed by atoms with Gasteiger partial charge in [-0.2, -0.15) is 4.31 Å². The van der Waals surface area contributed by atoms with E-state index in [-0.39, 0.29) is 17.4 Å². The van der Waals surface area contributed by atoms with E-state index in [1.54, 1.807) is 22.5 Å². The number of aryl methyl sites for hydroxylation is 1. The smallest absolute Gasteiger partial charge is 0.243 e. The van der Waals surface area contributed by atoms with Crippen LogP contribution in [0.4, 0.5) is 0 Å². The van der Waals surface area contributed by atoms with Gasteiger partial charge in [-0.3, -0.25) is 4.79 Å². The highest BCUT2D eigenvalue weighted by Crippen LogP contribution is 2.39. The fourth-order valence-corrected chi connectivity index (χ4v) is 5.23. The van der Waals surface area contributed by atoms with Crippen molar-refractivity contribution in [1.82, 2.24) is 9.62 Å². The van der Waals surface area contributed by atoms with Gasteiger partial charge in [-0.05, 0) is 57.2 Å². The van der Waals surface area contributed by atoms with Crippen LogP contribution in [0.15, 0.2) is 29.2 Å². The highest BCUT2D eigenvalue weighted by Gasteiger charge is 2.51. The molecule has 3 rings (SSSR count). The molecule has 0 aromatic heterocycles. The minimum atomic E-state index is -3.42. The SMILES string of the molecule is Cc1cccc(S(=O)(=O)N2CCC([C@@H]3NC(=O)C3(C)C)CC2)c1. The van der Waals surface area contributed by atoms with Crippen molar-refractivity contribution in [3.8, 4) is 0 Å². The van der Waals surface area contributed by atoms with E-state index in [2.05, 4.69) is 5.32 Å². The molecule has 2 aliphatic heterocycles. The lowest BCUT2D eigenvalue weighted by Gasteiger charge is -2.49. The molecule has 2 saturated heterocycles. The molecule has 1 aromatic rings. The summed E-state index contributed by atoms with van der Waals surface area (Å²) >= 11 is 0. The topological polar surface area (TPSA) is 66.5 Å². The van der Waals surface area contributed by atoms with Crippen LogP contribution >= 0.6 is 0 Å². The third-order valence-corrected chi connectivity index (χ3v) is 7.14. The number of carbonyl (C=O) groups excluding carboxylic acids is 1. The number of hydrogen-bond donors (Lipinski definition) is 1. The van der Waals surface area contributed by atoms with Gasteiger partial charge in [-0.15, -0.1) is 0 Å². The van der Waals surface area contributed by atoms with Crippen LogP contribution in [0.5, 0.6) is 0 Å². The lowest BCUT2D eigenvalue weighted by atomic mass is 9.68. The fraction of sp³-hybridized carbons (Fsp3) is 0.588. The second-order valence-electron chi connectivity index (χ2n) is 7.23. The van der Waals surface area contributed by atoms with Crippen molar-refractivity contribution in [1.29, 1.82) is 0 Å². The molecule has 0 bridgehead atoms. The van der Waals surface area contributed by atoms with E-state index in [1.165, 1.54) is 0 Å². The number of piperidine rings is 1. The predicted octanol–water partition coefficient (Wildman–Crippen LogP) is 1.92. The van der Waals surface area contributed by atoms with Crippen molar-refractivity contribution in [3.63, 3.8) is 0 Å². The zero-order valence-electron chi connectivity index (χ0n) is 13.9. The summed E-state index contributed by atoms with van der Waals surface area (Å²) in [4.78, 5) is 12.0. The Balaban J connectivity index is 1.68. The first-order valence-corrected chi connectivity index (χ1v) is 9.55. The molecule has 23 heavy (non-hydrogen) atoms. The van der Waals surface area contributed by atoms with Gasteiger partial charge in [-0.1, -0.05) is 12.1 Å². The molecule has 126 valence electrons. The van der Waals surface area contributed by atoms with Gasteiger partial charge in [0.15, 0.2) is 0 Å². The maximum atomic E-state index is 12.7. The number of nitrogens with one attached hydrogen (secondary N) is 1. The van der Waals surface area contributed by atoms with Crippen LogP contribution in [0, 0.1) is 18.3 Å². The Morgan fingerprint density at radius 3 is 2.39 bits per heavy atom. The third-order valence-electron chi connectivity index (χ3n) is 5.25. The summed E-state index contributed by atoms with van der Waals surface area (Å²) in [5.74, 6) is 0.448. The molecule has 2 aliphatic rings. The van der Waals surface area contributed by atoms with Gasteiger partial charge in [0.2, 0.25) is 15.9 Å². The van der Waals surface area contributed by atoms with E-state index in [0.29, 0.717) is 23.9 Å². The summed E-state index contributed by atoms with van der Waals surface area (Å²) in [5.41, 5.74) is 0.613. The van der Waals surface area contributed by atoms with E-state index >= 15 is 0 Å². The molecule has 0 spiro atoms. The molecule has 2 heterocycles. The molecule has 0 saturated carbocycles. The van der Waals surface area contributed by atoms with Gasteiger partial charge < -0.3 is 5.32 Å². The molecule has 6 heteroatoms. The lowest BCUT2D eigenvalue weighted by Crippen LogP contribution is -2.68. The highest BCUT2D eigenvalue weighted by molar-refractivity contribution is 7.89. The first-order valence-electron chi connectivity index (χ1n) is 8.11. The number of benzene rings is 1. The monoisotopic (exact) mass is 336 g/mol. The Labute approximate surface area is 138 Å². The summed E-state index contributed by atoms with van der Waals surface area (Å²) in [7, 11) is -3.42. The number of carbonyl (C=O) groups is 1. The highest BCUT2D eigenvalue weighted by atomic mass is 32.2. The lowest BCUT2D eigenvalue weighted by molar-refractivity contribution is -0.146. The van der Waals surface area contributed by atoms with Crippen molar-refractivity contribution in [2.24, 2.45) is 11.3 Å². The van der Waals surface area contributed by atoms with E-state index in [1.807, 2.05) is 26.8 Å². The zero-order chi connectivity index (χ0) is 16.8. The van der Waals surface area contributed by atoms with Crippen LogP contribution in [0.3, 0.4) is 0 Å². The molecule has 1 aromatic carbocycles. The molecule has 1 N–H and O–H groups in total. The largest absolute Gasteiger partial charge is 0.351 e. The summed E-state index contributed by atoms with van der Waals surface area (Å²) in [5, 5.41) is 2.99. The van der Waals surface area contributed by atoms with Crippen LogP contribution in [0.2, 0.25) is 0 Å². The summed E-state index contributed by atoms with van der Waals surface area (Å²) in [6.45, 7) is 6.86. The number of nitrogens with zero attached hydrogens (tertiary/aromatic N) is 1. The molecule has 2 fully saturated rings. The Hall–Kier alpha value is -1.40. The van der Waals surface area contributed by atoms with E-state index in [4.69, 9.17) is 0 Å². The van der Waals surface area contributed by atoms with Gasteiger partial charge in [0.05, 0.1) is 10.3 Å². The molecule has 0 unspecified atom stereocenters. The zero-order valence-corrected chi connectivity index (χ0v) is 14.7. The third kappa shape index (κ3) is 2.78. The van der Waals surface area contributed by atoms with Crippen LogP contribution in [-0.4, -0.2) is 37.8 Å². The second-order valence-corrected chi connectivity index (χ2v) is 9.17. The van der Waals surface area contributed by atoms with Gasteiger partial charge in [0, 0.05) is 19.1 Å². The fourth-order valence-electron chi connectivity index (χ4n) is 3.65. The Morgan fingerprint density at radius 2 is 1.87 bits per heavy atom. The van der Waals surface area contributed by atoms with Crippen molar-refractivity contribution < 1.29 is 13.2 Å². The maximum Gasteiger partial charge on any atom is 0.243 e. The van der Waals surface area contributed by atoms with Crippen LogP contribution in [0.1, 0.15) is 32.3 Å². The van der Waals surface area contributed by atoms with Crippen LogP contribution < -0.4 is 5.32 Å². The van der Waals surface area contributed by atoms with Crippen molar-refractivity contribution >= 4 is 15.9 Å². The average molecular weight is 336 g/mol. The standard InChI is InChI=1S/C17H24N2O3S/c1-12-5-4-6-14(11-12)23(21,22)19-9-7-13(8-10-19)15-17(2,3)16(20)18-15/h4-6,11,13,15H,7-10H2,1-3H3,(H,18,20)/t15-/m0/s1. The van der Waals surface area contributed by atoms with Gasteiger partial charge in [0.25, 0.3) is 0 Å². The molecular weight excluding hydrogens is 312 g/mol. The summed E-state index contributed by atoms with van der Waals surface area (Å²) in [6, 6.07) is 7.22. The normalized spacial score (nSPS) is 25.7. The van der Waals surface area contributed by atoms with Crippen LogP contribution in [-0.2, 0) is 14.8 Å². The number of hydrogen-bond acceptors (Lipinski definition) is 3. The first kappa shape index (κ1) is 16.5. The maximum absolute atomic E-state index is 12.7. The molecule has 0 aliphatic carbocycles. The second kappa shape index (κ2) is 5.60. The van der Waals surface area contributed by atoms with Crippen molar-refractivity contribution in [2.45, 2.75) is 44.6 Å². The molecule has 5 nitrogen and oxygen atoms in total. The molecule has 0 radical (unpaired) electrons. The molecule has 1 atom stereocenters. The van der Waals surface area contributed by atoms with Gasteiger partial charge in [-0.25, -0.2) is 8.42 Å². The molecule has 1 amide bonds. The van der Waals surface area contributed by atoms with E-state index in [0.717, 1.165) is 18.4 Å². The number of amides is 1. The van der Waals surface area contributed by atoms with Gasteiger partial charge in [0.1, 0.15) is 0 Å². The van der Waals surface area contributed by atoms with Crippen molar-refractivity contribution in [3.05, 3.63) is 29.8 Å². The van der Waals surface area contributed by atoms with Crippen molar-refractivity contribution in [2.75, 3.05) is 13.1 Å². The number of rotatable bonds is 3. The Bertz CT molecular complexity index is 719. The first-order chi connectivity index (χ1) is 10.7. The van der Waals surface area contributed by atoms with E-state index < -0.39 is 10.0 Å². The summed E-state index contributed by atoms with van der Waals surface area (Å²) in [6.07, 6.45) is 1.58. The quantitative estimate of drug-likeness (QED) is 0.858. The molecular formula is C17H24N2O3S. The predicted molar refractivity (Wildman–Crippen MR) is 88.4 cm³/mol. The minimum absolute atomic E-state index is 0.0947.